The van der Waals surface area contributed by atoms with Crippen LogP contribution in [0.2, 0.25) is 0 Å². The Morgan fingerprint density at radius 2 is 1.96 bits per heavy atom. The molecule has 2 aliphatic rings. The monoisotopic (exact) mass is 348 g/mol. The number of carbonyl (C=O) groups is 3. The van der Waals surface area contributed by atoms with E-state index in [2.05, 4.69) is 0 Å². The van der Waals surface area contributed by atoms with Gasteiger partial charge >= 0.3 is 0 Å². The number of hydrogen-bond donors (Lipinski definition) is 0. The zero-order chi connectivity index (χ0) is 17.3. The molecular formula is C18H24N2O3S. The highest BCUT2D eigenvalue weighted by Crippen LogP contribution is 2.33. The Morgan fingerprint density at radius 3 is 2.54 bits per heavy atom. The first-order valence-electron chi connectivity index (χ1n) is 8.54. The number of Topliss-reactive ketones (excluding diaryl/α,β-unsaturated/α-hetero) is 1. The van der Waals surface area contributed by atoms with Crippen LogP contribution in [0, 0.1) is 5.92 Å². The lowest BCUT2D eigenvalue weighted by atomic mass is 9.97. The van der Waals surface area contributed by atoms with Gasteiger partial charge in [0, 0.05) is 38.4 Å². The number of piperazine rings is 1. The first-order chi connectivity index (χ1) is 11.4. The third-order valence-corrected chi connectivity index (χ3v) is 5.71. The molecule has 1 saturated carbocycles. The fourth-order valence-corrected chi connectivity index (χ4v) is 4.00. The van der Waals surface area contributed by atoms with E-state index in [-0.39, 0.29) is 41.9 Å². The number of nitrogens with zero attached hydrogens (tertiary/aromatic N) is 2. The van der Waals surface area contributed by atoms with Crippen molar-refractivity contribution < 1.29 is 14.4 Å². The standard InChI is InChI=1S/C18H24N2O3S/c1-18(2)12-19(17(23)13-5-6-13)9-10-20(18)16(22)8-7-14(21)15-4-3-11-24-15/h3-4,11,13H,5-10,12H2,1-2H3. The summed E-state index contributed by atoms with van der Waals surface area (Å²) in [4.78, 5) is 41.3. The van der Waals surface area contributed by atoms with Crippen molar-refractivity contribution in [1.82, 2.24) is 9.80 Å². The molecule has 0 spiro atoms. The molecule has 24 heavy (non-hydrogen) atoms. The molecule has 0 radical (unpaired) electrons. The maximum atomic E-state index is 12.6. The summed E-state index contributed by atoms with van der Waals surface area (Å²) in [5.41, 5.74) is -0.383. The second-order valence-corrected chi connectivity index (χ2v) is 8.24. The minimum atomic E-state index is -0.383. The molecule has 1 saturated heterocycles. The fourth-order valence-electron chi connectivity index (χ4n) is 3.31. The highest BCUT2D eigenvalue weighted by Gasteiger charge is 2.41. The van der Waals surface area contributed by atoms with Gasteiger partial charge in [-0.15, -0.1) is 11.3 Å². The molecule has 3 rings (SSSR count). The van der Waals surface area contributed by atoms with Crippen LogP contribution in [-0.4, -0.2) is 52.6 Å². The highest BCUT2D eigenvalue weighted by molar-refractivity contribution is 7.12. The lowest BCUT2D eigenvalue weighted by Gasteiger charge is -2.47. The molecule has 5 nitrogen and oxygen atoms in total. The van der Waals surface area contributed by atoms with Gasteiger partial charge in [0.15, 0.2) is 5.78 Å². The molecule has 1 aromatic rings. The molecule has 6 heteroatoms. The summed E-state index contributed by atoms with van der Waals surface area (Å²) in [6, 6.07) is 3.64. The lowest BCUT2D eigenvalue weighted by molar-refractivity contribution is -0.148. The summed E-state index contributed by atoms with van der Waals surface area (Å²) in [7, 11) is 0. The second-order valence-electron chi connectivity index (χ2n) is 7.29. The van der Waals surface area contributed by atoms with Gasteiger partial charge in [0.05, 0.1) is 10.4 Å². The molecular weight excluding hydrogens is 324 g/mol. The van der Waals surface area contributed by atoms with Gasteiger partial charge in [-0.05, 0) is 38.1 Å². The van der Waals surface area contributed by atoms with E-state index in [1.807, 2.05) is 35.1 Å². The molecule has 0 unspecified atom stereocenters. The van der Waals surface area contributed by atoms with Gasteiger partial charge in [0.25, 0.3) is 0 Å². The van der Waals surface area contributed by atoms with Gasteiger partial charge < -0.3 is 9.80 Å². The first-order valence-corrected chi connectivity index (χ1v) is 9.42. The molecule has 2 fully saturated rings. The molecule has 1 aliphatic heterocycles. The number of hydrogen-bond acceptors (Lipinski definition) is 4. The zero-order valence-electron chi connectivity index (χ0n) is 14.3. The van der Waals surface area contributed by atoms with Crippen LogP contribution in [0.3, 0.4) is 0 Å². The van der Waals surface area contributed by atoms with Gasteiger partial charge in [-0.1, -0.05) is 6.07 Å². The Morgan fingerprint density at radius 1 is 1.21 bits per heavy atom. The largest absolute Gasteiger partial charge is 0.338 e. The van der Waals surface area contributed by atoms with E-state index in [4.69, 9.17) is 0 Å². The van der Waals surface area contributed by atoms with Crippen LogP contribution in [0.4, 0.5) is 0 Å². The van der Waals surface area contributed by atoms with E-state index in [0.717, 1.165) is 12.8 Å². The third kappa shape index (κ3) is 3.69. The molecule has 130 valence electrons. The number of ketones is 1. The maximum Gasteiger partial charge on any atom is 0.225 e. The van der Waals surface area contributed by atoms with Crippen molar-refractivity contribution in [1.29, 1.82) is 0 Å². The summed E-state index contributed by atoms with van der Waals surface area (Å²) in [6.07, 6.45) is 2.49. The molecule has 0 bridgehead atoms. The van der Waals surface area contributed by atoms with E-state index < -0.39 is 0 Å². The summed E-state index contributed by atoms with van der Waals surface area (Å²) in [5.74, 6) is 0.483. The Balaban J connectivity index is 1.55. The van der Waals surface area contributed by atoms with Gasteiger partial charge in [-0.3, -0.25) is 14.4 Å². The second kappa shape index (κ2) is 6.67. The van der Waals surface area contributed by atoms with Crippen LogP contribution in [0.1, 0.15) is 49.2 Å². The number of thiophene rings is 1. The van der Waals surface area contributed by atoms with E-state index in [1.165, 1.54) is 11.3 Å². The zero-order valence-corrected chi connectivity index (χ0v) is 15.1. The minimum Gasteiger partial charge on any atom is -0.338 e. The van der Waals surface area contributed by atoms with Crippen LogP contribution in [0.25, 0.3) is 0 Å². The normalized spacial score (nSPS) is 20.1. The summed E-state index contributed by atoms with van der Waals surface area (Å²) in [5, 5.41) is 1.87. The smallest absolute Gasteiger partial charge is 0.225 e. The first kappa shape index (κ1) is 17.1. The number of rotatable bonds is 5. The quantitative estimate of drug-likeness (QED) is 0.769. The summed E-state index contributed by atoms with van der Waals surface area (Å²) >= 11 is 1.41. The van der Waals surface area contributed by atoms with Gasteiger partial charge in [-0.2, -0.15) is 0 Å². The van der Waals surface area contributed by atoms with E-state index >= 15 is 0 Å². The number of carbonyl (C=O) groups excluding carboxylic acids is 3. The molecule has 0 atom stereocenters. The van der Waals surface area contributed by atoms with Gasteiger partial charge in [0.2, 0.25) is 11.8 Å². The van der Waals surface area contributed by atoms with E-state index in [1.54, 1.807) is 6.07 Å². The Bertz CT molecular complexity index is 635. The van der Waals surface area contributed by atoms with E-state index in [0.29, 0.717) is 24.5 Å². The topological polar surface area (TPSA) is 57.7 Å². The van der Waals surface area contributed by atoms with E-state index in [9.17, 15) is 14.4 Å². The van der Waals surface area contributed by atoms with Crippen molar-refractivity contribution in [2.75, 3.05) is 19.6 Å². The predicted molar refractivity (Wildman–Crippen MR) is 93.0 cm³/mol. The average molecular weight is 348 g/mol. The fraction of sp³-hybridized carbons (Fsp3) is 0.611. The summed E-state index contributed by atoms with van der Waals surface area (Å²) in [6.45, 7) is 5.73. The van der Waals surface area contributed by atoms with Crippen molar-refractivity contribution in [2.24, 2.45) is 5.92 Å². The Kier molecular flexibility index (Phi) is 4.76. The van der Waals surface area contributed by atoms with Crippen molar-refractivity contribution in [3.8, 4) is 0 Å². The molecule has 0 aromatic carbocycles. The van der Waals surface area contributed by atoms with Crippen molar-refractivity contribution in [3.63, 3.8) is 0 Å². The van der Waals surface area contributed by atoms with Gasteiger partial charge in [-0.25, -0.2) is 0 Å². The van der Waals surface area contributed by atoms with Crippen molar-refractivity contribution in [3.05, 3.63) is 22.4 Å². The SMILES string of the molecule is CC1(C)CN(C(=O)C2CC2)CCN1C(=O)CCC(=O)c1cccs1. The van der Waals surface area contributed by atoms with Crippen LogP contribution >= 0.6 is 11.3 Å². The molecule has 1 aromatic heterocycles. The lowest BCUT2D eigenvalue weighted by Crippen LogP contribution is -2.62. The average Bonchev–Trinajstić information content (AvgIpc) is 3.24. The Labute approximate surface area is 146 Å². The van der Waals surface area contributed by atoms with Crippen LogP contribution in [-0.2, 0) is 9.59 Å². The molecule has 0 N–H and O–H groups in total. The highest BCUT2D eigenvalue weighted by atomic mass is 32.1. The number of amides is 2. The van der Waals surface area contributed by atoms with Crippen molar-refractivity contribution in [2.45, 2.75) is 45.1 Å². The van der Waals surface area contributed by atoms with Crippen LogP contribution < -0.4 is 0 Å². The predicted octanol–water partition coefficient (Wildman–Crippen LogP) is 2.57. The summed E-state index contributed by atoms with van der Waals surface area (Å²) < 4.78 is 0. The molecule has 2 amide bonds. The Hall–Kier alpha value is -1.69. The van der Waals surface area contributed by atoms with Gasteiger partial charge in [0.1, 0.15) is 0 Å². The van der Waals surface area contributed by atoms with Crippen LogP contribution in [0.5, 0.6) is 0 Å². The van der Waals surface area contributed by atoms with Crippen LogP contribution in [0.15, 0.2) is 17.5 Å². The third-order valence-electron chi connectivity index (χ3n) is 4.80. The molecule has 1 aliphatic carbocycles. The minimum absolute atomic E-state index is 0.00317. The molecule has 2 heterocycles. The maximum absolute atomic E-state index is 12.6. The van der Waals surface area contributed by atoms with Crippen molar-refractivity contribution >= 4 is 28.9 Å².